The number of hydrogen-bond acceptors (Lipinski definition) is 1. The first kappa shape index (κ1) is 13.1. The minimum atomic E-state index is 0.521. The third-order valence-corrected chi connectivity index (χ3v) is 3.25. The number of benzene rings is 2. The Bertz CT molecular complexity index is 400. The second kappa shape index (κ2) is 7.20. The van der Waals surface area contributed by atoms with E-state index in [9.17, 15) is 0 Å². The normalized spacial score (nSPS) is 10.8. The van der Waals surface area contributed by atoms with Crippen LogP contribution in [0.3, 0.4) is 0 Å². The average molecular weight is 260 g/mol. The second-order valence-corrected chi connectivity index (χ2v) is 4.85. The molecule has 0 spiro atoms. The van der Waals surface area contributed by atoms with Crippen molar-refractivity contribution in [3.05, 3.63) is 71.8 Å². The van der Waals surface area contributed by atoms with Crippen molar-refractivity contribution < 1.29 is 0 Å². The Morgan fingerprint density at radius 1 is 0.778 bits per heavy atom. The van der Waals surface area contributed by atoms with Crippen LogP contribution in [0.4, 0.5) is 0 Å². The molecule has 0 atom stereocenters. The highest BCUT2D eigenvalue weighted by molar-refractivity contribution is 6.13. The SMILES string of the molecule is ClNCC(Cc1ccccc1)Cc1ccccc1. The van der Waals surface area contributed by atoms with Crippen molar-refractivity contribution in [1.82, 2.24) is 4.84 Å². The fraction of sp³-hybridized carbons (Fsp3) is 0.250. The Labute approximate surface area is 114 Å². The fourth-order valence-corrected chi connectivity index (χ4v) is 2.44. The highest BCUT2D eigenvalue weighted by Crippen LogP contribution is 2.14. The summed E-state index contributed by atoms with van der Waals surface area (Å²) >= 11 is 5.68. The predicted octanol–water partition coefficient (Wildman–Crippen LogP) is 3.83. The fourth-order valence-electron chi connectivity index (χ4n) is 2.22. The van der Waals surface area contributed by atoms with Crippen LogP contribution in [-0.2, 0) is 12.8 Å². The maximum Gasteiger partial charge on any atom is 0.0142 e. The Morgan fingerprint density at radius 2 is 1.22 bits per heavy atom. The van der Waals surface area contributed by atoms with Gasteiger partial charge in [0, 0.05) is 6.54 Å². The highest BCUT2D eigenvalue weighted by Gasteiger charge is 2.10. The summed E-state index contributed by atoms with van der Waals surface area (Å²) in [6, 6.07) is 21.1. The molecule has 0 bridgehead atoms. The van der Waals surface area contributed by atoms with E-state index in [0.717, 1.165) is 19.4 Å². The molecule has 0 unspecified atom stereocenters. The van der Waals surface area contributed by atoms with Gasteiger partial charge in [0.1, 0.15) is 0 Å². The lowest BCUT2D eigenvalue weighted by Crippen LogP contribution is -2.19. The van der Waals surface area contributed by atoms with Crippen LogP contribution in [0.2, 0.25) is 0 Å². The summed E-state index contributed by atoms with van der Waals surface area (Å²) in [5.41, 5.74) is 2.73. The van der Waals surface area contributed by atoms with E-state index in [1.54, 1.807) is 0 Å². The van der Waals surface area contributed by atoms with Crippen LogP contribution in [0.15, 0.2) is 60.7 Å². The standard InChI is InChI=1S/C16H18ClN/c17-18-13-16(11-14-7-3-1-4-8-14)12-15-9-5-2-6-10-15/h1-10,16,18H,11-13H2. The van der Waals surface area contributed by atoms with Gasteiger partial charge in [-0.2, -0.15) is 0 Å². The van der Waals surface area contributed by atoms with Gasteiger partial charge in [0.25, 0.3) is 0 Å². The van der Waals surface area contributed by atoms with Gasteiger partial charge in [-0.3, -0.25) is 0 Å². The van der Waals surface area contributed by atoms with Crippen molar-refractivity contribution in [3.63, 3.8) is 0 Å². The molecule has 0 saturated heterocycles. The molecule has 2 aromatic rings. The van der Waals surface area contributed by atoms with E-state index >= 15 is 0 Å². The Hall–Kier alpha value is -1.31. The van der Waals surface area contributed by atoms with Crippen LogP contribution >= 0.6 is 11.8 Å². The van der Waals surface area contributed by atoms with Gasteiger partial charge in [0.05, 0.1) is 0 Å². The van der Waals surface area contributed by atoms with Crippen molar-refractivity contribution in [2.75, 3.05) is 6.54 Å². The highest BCUT2D eigenvalue weighted by atomic mass is 35.5. The molecule has 0 aromatic heterocycles. The lowest BCUT2D eigenvalue weighted by Gasteiger charge is -2.16. The van der Waals surface area contributed by atoms with Crippen LogP contribution in [0.25, 0.3) is 0 Å². The van der Waals surface area contributed by atoms with E-state index in [4.69, 9.17) is 11.8 Å². The largest absolute Gasteiger partial charge is 0.233 e. The monoisotopic (exact) mass is 259 g/mol. The maximum absolute atomic E-state index is 5.68. The van der Waals surface area contributed by atoms with Gasteiger partial charge < -0.3 is 0 Å². The molecular formula is C16H18ClN. The lowest BCUT2D eigenvalue weighted by molar-refractivity contribution is 0.516. The van der Waals surface area contributed by atoms with Gasteiger partial charge >= 0.3 is 0 Å². The quantitative estimate of drug-likeness (QED) is 0.778. The smallest absolute Gasteiger partial charge is 0.0142 e. The van der Waals surface area contributed by atoms with Crippen molar-refractivity contribution in [2.45, 2.75) is 12.8 Å². The van der Waals surface area contributed by atoms with Gasteiger partial charge in [-0.15, -0.1) is 0 Å². The van der Waals surface area contributed by atoms with Crippen LogP contribution in [0.1, 0.15) is 11.1 Å². The third-order valence-electron chi connectivity index (χ3n) is 3.10. The van der Waals surface area contributed by atoms with Crippen LogP contribution in [0.5, 0.6) is 0 Å². The first-order valence-corrected chi connectivity index (χ1v) is 6.67. The van der Waals surface area contributed by atoms with Crippen LogP contribution in [0, 0.1) is 5.92 Å². The van der Waals surface area contributed by atoms with E-state index in [1.807, 2.05) is 0 Å². The van der Waals surface area contributed by atoms with E-state index in [1.165, 1.54) is 11.1 Å². The summed E-state index contributed by atoms with van der Waals surface area (Å²) in [6.45, 7) is 0.825. The molecule has 0 fully saturated rings. The number of halogens is 1. The maximum atomic E-state index is 5.68. The number of hydrogen-bond donors (Lipinski definition) is 1. The molecule has 2 heteroatoms. The van der Waals surface area contributed by atoms with Gasteiger partial charge in [-0.25, -0.2) is 4.84 Å². The summed E-state index contributed by atoms with van der Waals surface area (Å²) in [6.07, 6.45) is 2.10. The molecule has 2 aromatic carbocycles. The molecule has 0 heterocycles. The van der Waals surface area contributed by atoms with Gasteiger partial charge in [-0.05, 0) is 41.7 Å². The van der Waals surface area contributed by atoms with Crippen LogP contribution < -0.4 is 4.84 Å². The molecule has 1 nitrogen and oxygen atoms in total. The first-order chi connectivity index (χ1) is 8.88. The van der Waals surface area contributed by atoms with Gasteiger partial charge in [-0.1, -0.05) is 60.7 Å². The van der Waals surface area contributed by atoms with Gasteiger partial charge in [0.2, 0.25) is 0 Å². The molecule has 0 radical (unpaired) electrons. The minimum absolute atomic E-state index is 0.521. The molecule has 0 aliphatic carbocycles. The molecule has 0 aliphatic heterocycles. The zero-order valence-corrected chi connectivity index (χ0v) is 11.1. The van der Waals surface area contributed by atoms with E-state index in [-0.39, 0.29) is 0 Å². The molecule has 18 heavy (non-hydrogen) atoms. The summed E-state index contributed by atoms with van der Waals surface area (Å²) in [5, 5.41) is 0. The predicted molar refractivity (Wildman–Crippen MR) is 77.6 cm³/mol. The molecule has 94 valence electrons. The molecule has 2 rings (SSSR count). The molecule has 0 saturated carbocycles. The second-order valence-electron chi connectivity index (χ2n) is 4.58. The van der Waals surface area contributed by atoms with Crippen LogP contribution in [-0.4, -0.2) is 6.54 Å². The van der Waals surface area contributed by atoms with Crippen molar-refractivity contribution in [1.29, 1.82) is 0 Å². The summed E-state index contributed by atoms with van der Waals surface area (Å²) in [5.74, 6) is 0.521. The van der Waals surface area contributed by atoms with Crippen molar-refractivity contribution in [2.24, 2.45) is 5.92 Å². The summed E-state index contributed by atoms with van der Waals surface area (Å²) in [4.78, 5) is 2.78. The third kappa shape index (κ3) is 4.17. The Morgan fingerprint density at radius 3 is 1.61 bits per heavy atom. The molecule has 1 N–H and O–H groups in total. The Balaban J connectivity index is 2.00. The summed E-state index contributed by atoms with van der Waals surface area (Å²) < 4.78 is 0. The lowest BCUT2D eigenvalue weighted by atomic mass is 9.93. The van der Waals surface area contributed by atoms with E-state index in [0.29, 0.717) is 5.92 Å². The first-order valence-electron chi connectivity index (χ1n) is 6.30. The van der Waals surface area contributed by atoms with Crippen molar-refractivity contribution >= 4 is 11.8 Å². The zero-order valence-electron chi connectivity index (χ0n) is 10.4. The zero-order chi connectivity index (χ0) is 12.6. The van der Waals surface area contributed by atoms with Crippen molar-refractivity contribution in [3.8, 4) is 0 Å². The van der Waals surface area contributed by atoms with E-state index in [2.05, 4.69) is 65.5 Å². The molecule has 0 aliphatic rings. The Kier molecular flexibility index (Phi) is 5.25. The molecular weight excluding hydrogens is 242 g/mol. The van der Waals surface area contributed by atoms with E-state index < -0.39 is 0 Å². The minimum Gasteiger partial charge on any atom is -0.233 e. The topological polar surface area (TPSA) is 12.0 Å². The number of rotatable bonds is 6. The molecule has 0 amide bonds. The van der Waals surface area contributed by atoms with Gasteiger partial charge in [0.15, 0.2) is 0 Å². The number of nitrogens with one attached hydrogen (secondary N) is 1. The average Bonchev–Trinajstić information content (AvgIpc) is 2.41. The summed E-state index contributed by atoms with van der Waals surface area (Å²) in [7, 11) is 0.